The standard InChI is InChI=1S/C15H16ClFN2OS/c1-4-13(15-18-8(2)9(3)21-15)19-14(20)11-6-5-10(17)7-12(11)16/h5-7,13H,4H2,1-3H3,(H,19,20)/t13-/m1/s1. The van der Waals surface area contributed by atoms with Gasteiger partial charge in [-0.2, -0.15) is 0 Å². The van der Waals surface area contributed by atoms with Crippen LogP contribution in [0.3, 0.4) is 0 Å². The summed E-state index contributed by atoms with van der Waals surface area (Å²) < 4.78 is 13.0. The SMILES string of the molecule is CC[C@@H](NC(=O)c1ccc(F)cc1Cl)c1nc(C)c(C)s1. The third-order valence-corrected chi connectivity index (χ3v) is 4.73. The van der Waals surface area contributed by atoms with Crippen LogP contribution in [0.5, 0.6) is 0 Å². The van der Waals surface area contributed by atoms with Gasteiger partial charge in [0.05, 0.1) is 22.3 Å². The Bertz CT molecular complexity index is 652. The Morgan fingerprint density at radius 1 is 1.48 bits per heavy atom. The zero-order valence-corrected chi connectivity index (χ0v) is 13.6. The fraction of sp³-hybridized carbons (Fsp3) is 0.333. The molecule has 0 saturated heterocycles. The summed E-state index contributed by atoms with van der Waals surface area (Å²) in [7, 11) is 0. The molecule has 1 aromatic carbocycles. The van der Waals surface area contributed by atoms with E-state index in [-0.39, 0.29) is 22.5 Å². The second kappa shape index (κ2) is 6.54. The van der Waals surface area contributed by atoms with Crippen molar-refractivity contribution in [3.63, 3.8) is 0 Å². The lowest BCUT2D eigenvalue weighted by Crippen LogP contribution is -2.28. The first-order chi connectivity index (χ1) is 9.92. The Morgan fingerprint density at radius 3 is 2.71 bits per heavy atom. The van der Waals surface area contributed by atoms with Crippen molar-refractivity contribution in [1.82, 2.24) is 10.3 Å². The first-order valence-electron chi connectivity index (χ1n) is 6.62. The van der Waals surface area contributed by atoms with E-state index in [1.807, 2.05) is 20.8 Å². The summed E-state index contributed by atoms with van der Waals surface area (Å²) in [4.78, 5) is 17.9. The summed E-state index contributed by atoms with van der Waals surface area (Å²) in [6.45, 7) is 5.92. The fourth-order valence-electron chi connectivity index (χ4n) is 1.89. The van der Waals surface area contributed by atoms with Crippen molar-refractivity contribution < 1.29 is 9.18 Å². The molecule has 0 unspecified atom stereocenters. The molecule has 21 heavy (non-hydrogen) atoms. The molecule has 0 radical (unpaired) electrons. The van der Waals surface area contributed by atoms with Gasteiger partial charge in [-0.3, -0.25) is 4.79 Å². The van der Waals surface area contributed by atoms with Crippen LogP contribution in [0.1, 0.15) is 45.3 Å². The molecule has 112 valence electrons. The highest BCUT2D eigenvalue weighted by Gasteiger charge is 2.19. The van der Waals surface area contributed by atoms with Gasteiger partial charge in [0.2, 0.25) is 0 Å². The molecular formula is C15H16ClFN2OS. The lowest BCUT2D eigenvalue weighted by atomic mass is 10.1. The van der Waals surface area contributed by atoms with Gasteiger partial charge >= 0.3 is 0 Å². The predicted octanol–water partition coefficient (Wildman–Crippen LogP) is 4.43. The zero-order chi connectivity index (χ0) is 15.6. The lowest BCUT2D eigenvalue weighted by Gasteiger charge is -2.15. The van der Waals surface area contributed by atoms with E-state index >= 15 is 0 Å². The van der Waals surface area contributed by atoms with Crippen molar-refractivity contribution in [3.05, 3.63) is 50.2 Å². The van der Waals surface area contributed by atoms with E-state index in [2.05, 4.69) is 10.3 Å². The van der Waals surface area contributed by atoms with E-state index in [1.165, 1.54) is 12.1 Å². The van der Waals surface area contributed by atoms with Crippen molar-refractivity contribution in [1.29, 1.82) is 0 Å². The number of thiazole rings is 1. The molecule has 1 atom stereocenters. The van der Waals surface area contributed by atoms with Crippen LogP contribution < -0.4 is 5.32 Å². The number of nitrogens with zero attached hydrogens (tertiary/aromatic N) is 1. The van der Waals surface area contributed by atoms with Crippen molar-refractivity contribution in [2.24, 2.45) is 0 Å². The fourth-order valence-corrected chi connectivity index (χ4v) is 3.21. The maximum atomic E-state index is 13.0. The number of nitrogens with one attached hydrogen (secondary N) is 1. The molecule has 0 spiro atoms. The Hall–Kier alpha value is -1.46. The molecule has 3 nitrogen and oxygen atoms in total. The van der Waals surface area contributed by atoms with Crippen LogP contribution in [0, 0.1) is 19.7 Å². The molecule has 1 amide bonds. The van der Waals surface area contributed by atoms with Crippen LogP contribution in [-0.2, 0) is 0 Å². The second-order valence-corrected chi connectivity index (χ2v) is 6.39. The van der Waals surface area contributed by atoms with Gasteiger partial charge in [0.15, 0.2) is 0 Å². The van der Waals surface area contributed by atoms with Crippen LogP contribution in [0.15, 0.2) is 18.2 Å². The maximum absolute atomic E-state index is 13.0. The van der Waals surface area contributed by atoms with Gasteiger partial charge < -0.3 is 5.32 Å². The monoisotopic (exact) mass is 326 g/mol. The summed E-state index contributed by atoms with van der Waals surface area (Å²) in [5.74, 6) is -0.785. The number of benzene rings is 1. The molecule has 6 heteroatoms. The van der Waals surface area contributed by atoms with Gasteiger partial charge in [-0.25, -0.2) is 9.37 Å². The molecule has 0 bridgehead atoms. The molecule has 1 heterocycles. The summed E-state index contributed by atoms with van der Waals surface area (Å²) in [6.07, 6.45) is 0.719. The number of carbonyl (C=O) groups is 1. The van der Waals surface area contributed by atoms with Crippen molar-refractivity contribution in [3.8, 4) is 0 Å². The van der Waals surface area contributed by atoms with Crippen LogP contribution in [0.2, 0.25) is 5.02 Å². The van der Waals surface area contributed by atoms with Crippen molar-refractivity contribution in [2.75, 3.05) is 0 Å². The summed E-state index contributed by atoms with van der Waals surface area (Å²) in [5, 5.41) is 3.88. The number of hydrogen-bond donors (Lipinski definition) is 1. The Labute approximate surface area is 132 Å². The van der Waals surface area contributed by atoms with Crippen LogP contribution in [-0.4, -0.2) is 10.9 Å². The minimum atomic E-state index is -0.463. The highest BCUT2D eigenvalue weighted by molar-refractivity contribution is 7.11. The van der Waals surface area contributed by atoms with E-state index < -0.39 is 5.82 Å². The van der Waals surface area contributed by atoms with E-state index in [0.717, 1.165) is 28.1 Å². The first kappa shape index (κ1) is 15.9. The largest absolute Gasteiger partial charge is 0.343 e. The highest BCUT2D eigenvalue weighted by atomic mass is 35.5. The summed E-state index contributed by atoms with van der Waals surface area (Å²) in [5.41, 5.74) is 1.24. The Balaban J connectivity index is 2.20. The molecule has 2 rings (SSSR count). The number of halogens is 2. The van der Waals surface area contributed by atoms with Crippen LogP contribution >= 0.6 is 22.9 Å². The van der Waals surface area contributed by atoms with Gasteiger partial charge in [-0.05, 0) is 38.5 Å². The molecular weight excluding hydrogens is 311 g/mol. The smallest absolute Gasteiger partial charge is 0.253 e. The van der Waals surface area contributed by atoms with E-state index in [4.69, 9.17) is 11.6 Å². The van der Waals surface area contributed by atoms with Gasteiger partial charge in [0.1, 0.15) is 10.8 Å². The quantitative estimate of drug-likeness (QED) is 0.902. The van der Waals surface area contributed by atoms with Crippen LogP contribution in [0.4, 0.5) is 4.39 Å². The molecule has 0 aliphatic carbocycles. The van der Waals surface area contributed by atoms with E-state index in [1.54, 1.807) is 11.3 Å². The number of carbonyl (C=O) groups excluding carboxylic acids is 1. The predicted molar refractivity (Wildman–Crippen MR) is 83.5 cm³/mol. The van der Waals surface area contributed by atoms with Gasteiger partial charge in [-0.1, -0.05) is 18.5 Å². The summed E-state index contributed by atoms with van der Waals surface area (Å²) in [6, 6.07) is 3.57. The third kappa shape index (κ3) is 3.60. The Morgan fingerprint density at radius 2 is 2.19 bits per heavy atom. The Kier molecular flexibility index (Phi) is 4.96. The average Bonchev–Trinajstić information content (AvgIpc) is 2.75. The topological polar surface area (TPSA) is 42.0 Å². The minimum Gasteiger partial charge on any atom is -0.343 e. The molecule has 1 aromatic heterocycles. The highest BCUT2D eigenvalue weighted by Crippen LogP contribution is 2.26. The zero-order valence-electron chi connectivity index (χ0n) is 12.0. The number of aryl methyl sites for hydroxylation is 2. The number of aromatic nitrogens is 1. The first-order valence-corrected chi connectivity index (χ1v) is 7.81. The molecule has 0 saturated carbocycles. The number of amides is 1. The third-order valence-electron chi connectivity index (χ3n) is 3.23. The normalized spacial score (nSPS) is 12.2. The lowest BCUT2D eigenvalue weighted by molar-refractivity contribution is 0.0935. The van der Waals surface area contributed by atoms with Crippen LogP contribution in [0.25, 0.3) is 0 Å². The number of hydrogen-bond acceptors (Lipinski definition) is 3. The molecule has 2 aromatic rings. The molecule has 0 aliphatic heterocycles. The van der Waals surface area contributed by atoms with E-state index in [9.17, 15) is 9.18 Å². The van der Waals surface area contributed by atoms with Gasteiger partial charge in [0, 0.05) is 4.88 Å². The molecule has 1 N–H and O–H groups in total. The second-order valence-electron chi connectivity index (χ2n) is 4.75. The summed E-state index contributed by atoms with van der Waals surface area (Å²) >= 11 is 7.48. The molecule has 0 aliphatic rings. The van der Waals surface area contributed by atoms with E-state index in [0.29, 0.717) is 0 Å². The molecule has 0 fully saturated rings. The van der Waals surface area contributed by atoms with Crippen molar-refractivity contribution >= 4 is 28.8 Å². The van der Waals surface area contributed by atoms with Gasteiger partial charge in [-0.15, -0.1) is 11.3 Å². The van der Waals surface area contributed by atoms with Crippen molar-refractivity contribution in [2.45, 2.75) is 33.2 Å². The number of rotatable bonds is 4. The average molecular weight is 327 g/mol. The van der Waals surface area contributed by atoms with Gasteiger partial charge in [0.25, 0.3) is 5.91 Å². The maximum Gasteiger partial charge on any atom is 0.253 e. The minimum absolute atomic E-state index is 0.105.